The van der Waals surface area contributed by atoms with E-state index in [4.69, 9.17) is 25.8 Å². The number of rotatable bonds is 10. The monoisotopic (exact) mass is 557 g/mol. The fraction of sp³-hybridized carbons (Fsp3) is 0.357. The lowest BCUT2D eigenvalue weighted by atomic mass is 10.1. The first-order valence-corrected chi connectivity index (χ1v) is 13.6. The highest BCUT2D eigenvalue weighted by molar-refractivity contribution is 7.07. The van der Waals surface area contributed by atoms with Crippen molar-refractivity contribution >= 4 is 46.2 Å². The van der Waals surface area contributed by atoms with Crippen LogP contribution in [0.3, 0.4) is 0 Å². The van der Waals surface area contributed by atoms with Crippen LogP contribution in [-0.2, 0) is 11.3 Å². The predicted octanol–water partition coefficient (Wildman–Crippen LogP) is 3.30. The molecule has 0 unspecified atom stereocenters. The zero-order valence-electron chi connectivity index (χ0n) is 22.2. The van der Waals surface area contributed by atoms with Gasteiger partial charge in [0.25, 0.3) is 11.5 Å². The number of carbonyl (C=O) groups excluding carboxylic acids is 1. The van der Waals surface area contributed by atoms with E-state index in [1.807, 2.05) is 0 Å². The minimum atomic E-state index is -0.250. The average Bonchev–Trinajstić information content (AvgIpc) is 3.40. The first kappa shape index (κ1) is 27.8. The van der Waals surface area contributed by atoms with Crippen molar-refractivity contribution in [1.29, 1.82) is 0 Å². The van der Waals surface area contributed by atoms with Crippen molar-refractivity contribution in [3.63, 3.8) is 0 Å². The van der Waals surface area contributed by atoms with Crippen molar-refractivity contribution in [2.75, 3.05) is 46.3 Å². The summed E-state index contributed by atoms with van der Waals surface area (Å²) in [5, 5.41) is 3.43. The number of thiazole rings is 1. The fourth-order valence-corrected chi connectivity index (χ4v) is 5.95. The maximum Gasteiger partial charge on any atom is 0.269 e. The largest absolute Gasteiger partial charge is 0.493 e. The van der Waals surface area contributed by atoms with Crippen molar-refractivity contribution in [2.24, 2.45) is 0 Å². The van der Waals surface area contributed by atoms with Crippen molar-refractivity contribution in [3.8, 4) is 17.2 Å². The number of amides is 1. The number of benzene rings is 2. The second kappa shape index (κ2) is 12.1. The van der Waals surface area contributed by atoms with Gasteiger partial charge in [0.1, 0.15) is 4.66 Å². The number of ether oxygens (including phenoxy) is 3. The highest BCUT2D eigenvalue weighted by atomic mass is 35.5. The van der Waals surface area contributed by atoms with Gasteiger partial charge in [-0.3, -0.25) is 14.2 Å². The molecule has 3 aromatic rings. The number of aromatic nitrogens is 1. The van der Waals surface area contributed by atoms with E-state index in [1.165, 1.54) is 11.3 Å². The summed E-state index contributed by atoms with van der Waals surface area (Å²) in [5.74, 6) is 1.20. The van der Waals surface area contributed by atoms with Crippen molar-refractivity contribution in [3.05, 3.63) is 66.0 Å². The molecule has 2 heterocycles. The molecule has 10 heteroatoms. The van der Waals surface area contributed by atoms with E-state index in [0.29, 0.717) is 60.4 Å². The number of methoxy groups -OCH3 is 3. The number of hydrogen-bond acceptors (Lipinski definition) is 7. The summed E-state index contributed by atoms with van der Waals surface area (Å²) >= 11 is 7.56. The maximum atomic E-state index is 13.8. The standard InChI is InChI=1S/C28H32ClN3O5S/c1-6-31(7-2)11-8-12-32-27(34)23(15-17-13-21(35-3)25(37-5)22(14-17)36-4)38-28(32)24-19-16-18(29)9-10-20(19)30-26(24)33/h9-10,13-16H,6-8,11-12H2,1-5H3,(H,30,33)/b23-15-,28-24+. The van der Waals surface area contributed by atoms with Crippen LogP contribution < -0.4 is 34.3 Å². The third-order valence-electron chi connectivity index (χ3n) is 6.58. The smallest absolute Gasteiger partial charge is 0.269 e. The van der Waals surface area contributed by atoms with E-state index in [1.54, 1.807) is 62.3 Å². The number of carbonyl (C=O) groups is 1. The van der Waals surface area contributed by atoms with Crippen LogP contribution in [0.25, 0.3) is 11.6 Å². The molecule has 0 aliphatic carbocycles. The van der Waals surface area contributed by atoms with E-state index in [-0.39, 0.29) is 11.5 Å². The van der Waals surface area contributed by atoms with E-state index in [2.05, 4.69) is 24.1 Å². The molecule has 0 saturated carbocycles. The second-order valence-electron chi connectivity index (χ2n) is 8.73. The molecule has 0 spiro atoms. The van der Waals surface area contributed by atoms with Gasteiger partial charge in [-0.1, -0.05) is 25.4 Å². The molecule has 38 heavy (non-hydrogen) atoms. The lowest BCUT2D eigenvalue weighted by Gasteiger charge is -2.17. The zero-order chi connectivity index (χ0) is 27.4. The van der Waals surface area contributed by atoms with Crippen molar-refractivity contribution in [1.82, 2.24) is 9.47 Å². The van der Waals surface area contributed by atoms with Crippen LogP contribution in [0.5, 0.6) is 17.2 Å². The van der Waals surface area contributed by atoms with E-state index >= 15 is 0 Å². The second-order valence-corrected chi connectivity index (χ2v) is 10.2. The Morgan fingerprint density at radius 2 is 1.71 bits per heavy atom. The molecule has 0 fully saturated rings. The van der Waals surface area contributed by atoms with Gasteiger partial charge < -0.3 is 24.4 Å². The summed E-state index contributed by atoms with van der Waals surface area (Å²) in [6.07, 6.45) is 2.56. The van der Waals surface area contributed by atoms with Gasteiger partial charge in [-0.15, -0.1) is 11.3 Å². The highest BCUT2D eigenvalue weighted by Crippen LogP contribution is 2.38. The van der Waals surface area contributed by atoms with Gasteiger partial charge in [0.2, 0.25) is 5.75 Å². The van der Waals surface area contributed by atoms with Crippen LogP contribution in [-0.4, -0.2) is 56.3 Å². The molecule has 0 bridgehead atoms. The SMILES string of the molecule is CCN(CC)CCCn1c(=O)/c(=C/c2cc(OC)c(OC)c(OC)c2)s/c1=C1/C(=O)Nc2ccc(Cl)cc21. The van der Waals surface area contributed by atoms with Crippen LogP contribution in [0.4, 0.5) is 5.69 Å². The summed E-state index contributed by atoms with van der Waals surface area (Å²) in [4.78, 5) is 29.2. The van der Waals surface area contributed by atoms with E-state index in [9.17, 15) is 9.59 Å². The Bertz CT molecular complexity index is 1500. The molecule has 1 aromatic heterocycles. The van der Waals surface area contributed by atoms with Crippen molar-refractivity contribution in [2.45, 2.75) is 26.8 Å². The van der Waals surface area contributed by atoms with Gasteiger partial charge in [0, 0.05) is 22.8 Å². The molecule has 0 radical (unpaired) electrons. The molecule has 1 aliphatic heterocycles. The average molecular weight is 558 g/mol. The minimum Gasteiger partial charge on any atom is -0.493 e. The Labute approximate surface area is 230 Å². The predicted molar refractivity (Wildman–Crippen MR) is 152 cm³/mol. The lowest BCUT2D eigenvalue weighted by Crippen LogP contribution is -2.34. The Morgan fingerprint density at radius 3 is 2.32 bits per heavy atom. The molecular weight excluding hydrogens is 526 g/mol. The summed E-state index contributed by atoms with van der Waals surface area (Å²) in [6, 6.07) is 8.85. The van der Waals surface area contributed by atoms with Crippen LogP contribution in [0.1, 0.15) is 31.4 Å². The summed E-state index contributed by atoms with van der Waals surface area (Å²) in [5.41, 5.74) is 2.38. The molecule has 1 aliphatic rings. The normalized spacial score (nSPS) is 14.6. The van der Waals surface area contributed by atoms with Gasteiger partial charge in [0.05, 0.1) is 31.4 Å². The van der Waals surface area contributed by atoms with Crippen LogP contribution in [0.15, 0.2) is 35.1 Å². The van der Waals surface area contributed by atoms with Gasteiger partial charge in [0.15, 0.2) is 11.5 Å². The minimum absolute atomic E-state index is 0.158. The summed E-state index contributed by atoms with van der Waals surface area (Å²) in [7, 11) is 4.64. The molecule has 2 aromatic carbocycles. The Hall–Kier alpha value is -3.27. The maximum absolute atomic E-state index is 13.8. The van der Waals surface area contributed by atoms with Crippen LogP contribution in [0.2, 0.25) is 5.02 Å². The van der Waals surface area contributed by atoms with Gasteiger partial charge in [-0.05, 0) is 68.0 Å². The summed E-state index contributed by atoms with van der Waals surface area (Å²) < 4.78 is 19.2. The lowest BCUT2D eigenvalue weighted by molar-refractivity contribution is -0.110. The number of nitrogens with zero attached hydrogens (tertiary/aromatic N) is 2. The van der Waals surface area contributed by atoms with E-state index < -0.39 is 0 Å². The Morgan fingerprint density at radius 1 is 1.03 bits per heavy atom. The molecule has 8 nitrogen and oxygen atoms in total. The molecule has 0 atom stereocenters. The first-order chi connectivity index (χ1) is 18.3. The first-order valence-electron chi connectivity index (χ1n) is 12.4. The quantitative estimate of drug-likeness (QED) is 0.412. The molecule has 202 valence electrons. The number of anilines is 1. The molecule has 1 amide bonds. The number of hydrogen-bond donors (Lipinski definition) is 1. The van der Waals surface area contributed by atoms with Gasteiger partial charge in [-0.2, -0.15) is 0 Å². The zero-order valence-corrected chi connectivity index (χ0v) is 23.8. The Balaban J connectivity index is 1.93. The van der Waals surface area contributed by atoms with Crippen molar-refractivity contribution < 1.29 is 19.0 Å². The number of fused-ring (bicyclic) bond motifs is 1. The molecule has 4 rings (SSSR count). The Kier molecular flexibility index (Phi) is 8.81. The number of nitrogens with one attached hydrogen (secondary N) is 1. The van der Waals surface area contributed by atoms with Gasteiger partial charge in [-0.25, -0.2) is 0 Å². The third-order valence-corrected chi connectivity index (χ3v) is 7.95. The summed E-state index contributed by atoms with van der Waals surface area (Å²) in [6.45, 7) is 7.45. The molecular formula is C28H32ClN3O5S. The molecule has 1 N–H and O–H groups in total. The fourth-order valence-electron chi connectivity index (χ4n) is 4.59. The third kappa shape index (κ3) is 5.45. The van der Waals surface area contributed by atoms with Crippen LogP contribution in [0, 0.1) is 0 Å². The topological polar surface area (TPSA) is 82.0 Å². The van der Waals surface area contributed by atoms with E-state index in [0.717, 1.165) is 26.1 Å². The van der Waals surface area contributed by atoms with Gasteiger partial charge >= 0.3 is 0 Å². The van der Waals surface area contributed by atoms with Crippen LogP contribution >= 0.6 is 22.9 Å². The number of halogens is 1. The highest BCUT2D eigenvalue weighted by Gasteiger charge is 2.27. The molecule has 0 saturated heterocycles.